The van der Waals surface area contributed by atoms with Crippen molar-refractivity contribution in [3.8, 4) is 0 Å². The van der Waals surface area contributed by atoms with Crippen LogP contribution in [0.1, 0.15) is 63.5 Å². The third kappa shape index (κ3) is 6.77. The van der Waals surface area contributed by atoms with E-state index in [0.29, 0.717) is 10.8 Å². The number of hydrogen-bond donors (Lipinski definition) is 0. The van der Waals surface area contributed by atoms with Crippen LogP contribution in [0.15, 0.2) is 94.7 Å². The number of unbranched alkanes of at least 4 members (excludes halogenated alkanes) is 3. The molecule has 1 aliphatic heterocycles. The maximum Gasteiger partial charge on any atom is 0.338 e. The van der Waals surface area contributed by atoms with Gasteiger partial charge in [-0.15, -0.1) is 0 Å². The van der Waals surface area contributed by atoms with Gasteiger partial charge in [0, 0.05) is 5.20 Å². The molecule has 0 saturated carbocycles. The Morgan fingerprint density at radius 3 is 1.97 bits per heavy atom. The third-order valence-electron chi connectivity index (χ3n) is 7.37. The van der Waals surface area contributed by atoms with E-state index < -0.39 is 20.0 Å². The molecular formula is C34H42O4Si. The summed E-state index contributed by atoms with van der Waals surface area (Å²) in [5.74, 6) is -0.977. The van der Waals surface area contributed by atoms with Gasteiger partial charge in [-0.1, -0.05) is 119 Å². The lowest BCUT2D eigenvalue weighted by Gasteiger charge is -2.35. The normalized spacial score (nSPS) is 16.5. The Hall–Kier alpha value is -3.44. The number of ether oxygens (including phenoxy) is 2. The van der Waals surface area contributed by atoms with Crippen molar-refractivity contribution < 1.29 is 19.1 Å². The second-order valence-electron chi connectivity index (χ2n) is 10.4. The van der Waals surface area contributed by atoms with E-state index in [4.69, 9.17) is 9.47 Å². The minimum atomic E-state index is -2.68. The average molecular weight is 543 g/mol. The Kier molecular flexibility index (Phi) is 10.9. The molecule has 0 aromatic heterocycles. The monoisotopic (exact) mass is 542 g/mol. The zero-order valence-electron chi connectivity index (χ0n) is 24.3. The minimum absolute atomic E-state index is 0.331. The first-order valence-electron chi connectivity index (χ1n) is 14.0. The maximum atomic E-state index is 13.6. The lowest BCUT2D eigenvalue weighted by molar-refractivity contribution is -0.138. The number of methoxy groups -OCH3 is 2. The SMILES string of the molecule is CCCC/C=C(CCCC)/C(=C1\C=C(c2ccccc2)[Si](C)(C)C(C(=O)OC)=C1C(=O)OC)c1ccccc1. The minimum Gasteiger partial charge on any atom is -0.466 e. The summed E-state index contributed by atoms with van der Waals surface area (Å²) >= 11 is 0. The van der Waals surface area contributed by atoms with E-state index in [9.17, 15) is 9.59 Å². The Balaban J connectivity index is 2.55. The summed E-state index contributed by atoms with van der Waals surface area (Å²) < 4.78 is 10.7. The van der Waals surface area contributed by atoms with Gasteiger partial charge >= 0.3 is 11.9 Å². The van der Waals surface area contributed by atoms with Gasteiger partial charge in [-0.05, 0) is 52.3 Å². The molecule has 0 spiro atoms. The van der Waals surface area contributed by atoms with Crippen LogP contribution in [0.2, 0.25) is 13.1 Å². The van der Waals surface area contributed by atoms with E-state index >= 15 is 0 Å². The summed E-state index contributed by atoms with van der Waals surface area (Å²) in [6, 6.07) is 20.4. The van der Waals surface area contributed by atoms with Crippen molar-refractivity contribution in [2.45, 2.75) is 65.5 Å². The number of esters is 2. The second-order valence-corrected chi connectivity index (χ2v) is 14.7. The quantitative estimate of drug-likeness (QED) is 0.163. The standard InChI is InChI=1S/C34H42O4Si/c1-7-9-13-21-26(18-10-8-2)30(27-22-16-12-17-23-27)28-24-29(25-19-14-11-15-20-25)39(5,6)32(34(36)38-4)31(28)33(35)37-3/h11-12,14-17,19-24H,7-10,13,18H2,1-6H3/b26-21+,30-28-. The van der Waals surface area contributed by atoms with Gasteiger partial charge in [-0.25, -0.2) is 9.59 Å². The zero-order valence-corrected chi connectivity index (χ0v) is 25.3. The highest BCUT2D eigenvalue weighted by Crippen LogP contribution is 2.45. The Labute approximate surface area is 235 Å². The lowest BCUT2D eigenvalue weighted by Crippen LogP contribution is -2.41. The highest BCUT2D eigenvalue weighted by Gasteiger charge is 2.45. The van der Waals surface area contributed by atoms with Crippen LogP contribution in [0.25, 0.3) is 10.8 Å². The molecular weight excluding hydrogens is 500 g/mol. The van der Waals surface area contributed by atoms with Crippen LogP contribution < -0.4 is 0 Å². The number of benzene rings is 2. The molecule has 2 aromatic rings. The smallest absolute Gasteiger partial charge is 0.338 e. The van der Waals surface area contributed by atoms with Crippen LogP contribution in [-0.4, -0.2) is 34.2 Å². The molecule has 2 aromatic carbocycles. The Bertz CT molecular complexity index is 1280. The van der Waals surface area contributed by atoms with Gasteiger partial charge < -0.3 is 9.47 Å². The summed E-state index contributed by atoms with van der Waals surface area (Å²) in [5, 5.41) is 1.54. The number of hydrogen-bond acceptors (Lipinski definition) is 4. The molecule has 0 unspecified atom stereocenters. The topological polar surface area (TPSA) is 52.6 Å². The molecule has 0 aliphatic carbocycles. The summed E-state index contributed by atoms with van der Waals surface area (Å²) in [7, 11) is 0.0775. The van der Waals surface area contributed by atoms with Gasteiger partial charge in [-0.2, -0.15) is 0 Å². The van der Waals surface area contributed by atoms with E-state index in [2.05, 4.69) is 63.4 Å². The predicted octanol–water partition coefficient (Wildman–Crippen LogP) is 8.27. The molecule has 0 bridgehead atoms. The summed E-state index contributed by atoms with van der Waals surface area (Å²) in [5.41, 5.74) is 5.31. The molecule has 0 amide bonds. The van der Waals surface area contributed by atoms with Crippen molar-refractivity contribution in [1.29, 1.82) is 0 Å². The first-order valence-corrected chi connectivity index (χ1v) is 17.0. The molecule has 0 radical (unpaired) electrons. The average Bonchev–Trinajstić information content (AvgIpc) is 2.96. The molecule has 1 heterocycles. The third-order valence-corrected chi connectivity index (χ3v) is 10.9. The van der Waals surface area contributed by atoms with Gasteiger partial charge in [0.1, 0.15) is 8.07 Å². The molecule has 206 valence electrons. The highest BCUT2D eigenvalue weighted by atomic mass is 28.3. The van der Waals surface area contributed by atoms with E-state index in [1.807, 2.05) is 36.4 Å². The fraction of sp³-hybridized carbons (Fsp3) is 0.353. The Morgan fingerprint density at radius 2 is 1.41 bits per heavy atom. The number of carbonyl (C=O) groups excluding carboxylic acids is 2. The van der Waals surface area contributed by atoms with E-state index in [0.717, 1.165) is 66.0 Å². The van der Waals surface area contributed by atoms with Crippen LogP contribution in [0.3, 0.4) is 0 Å². The van der Waals surface area contributed by atoms with Crippen LogP contribution in [0.4, 0.5) is 0 Å². The van der Waals surface area contributed by atoms with Crippen molar-refractivity contribution >= 4 is 30.8 Å². The Morgan fingerprint density at radius 1 is 0.821 bits per heavy atom. The molecule has 0 atom stereocenters. The van der Waals surface area contributed by atoms with E-state index in [1.165, 1.54) is 19.8 Å². The van der Waals surface area contributed by atoms with Crippen molar-refractivity contribution in [3.63, 3.8) is 0 Å². The number of rotatable bonds is 11. The maximum absolute atomic E-state index is 13.6. The molecule has 39 heavy (non-hydrogen) atoms. The molecule has 0 N–H and O–H groups in total. The summed E-state index contributed by atoms with van der Waals surface area (Å²) in [6.07, 6.45) is 10.6. The molecule has 5 heteroatoms. The molecule has 1 aliphatic rings. The second kappa shape index (κ2) is 14.1. The first-order chi connectivity index (χ1) is 18.8. The highest BCUT2D eigenvalue weighted by molar-refractivity contribution is 7.03. The number of carbonyl (C=O) groups is 2. The molecule has 3 rings (SSSR count). The zero-order chi connectivity index (χ0) is 28.4. The van der Waals surface area contributed by atoms with Crippen LogP contribution in [0.5, 0.6) is 0 Å². The molecule has 0 saturated heterocycles. The van der Waals surface area contributed by atoms with Gasteiger partial charge in [0.25, 0.3) is 0 Å². The van der Waals surface area contributed by atoms with Crippen LogP contribution in [-0.2, 0) is 19.1 Å². The fourth-order valence-corrected chi connectivity index (χ4v) is 8.44. The predicted molar refractivity (Wildman–Crippen MR) is 163 cm³/mol. The fourth-order valence-electron chi connectivity index (χ4n) is 5.31. The van der Waals surface area contributed by atoms with Crippen LogP contribution >= 0.6 is 0 Å². The van der Waals surface area contributed by atoms with Crippen molar-refractivity contribution in [2.24, 2.45) is 0 Å². The summed E-state index contributed by atoms with van der Waals surface area (Å²) in [4.78, 5) is 27.2. The largest absolute Gasteiger partial charge is 0.466 e. The lowest BCUT2D eigenvalue weighted by atomic mass is 9.85. The van der Waals surface area contributed by atoms with Crippen molar-refractivity contribution in [2.75, 3.05) is 14.2 Å². The van der Waals surface area contributed by atoms with Gasteiger partial charge in [0.15, 0.2) is 0 Å². The van der Waals surface area contributed by atoms with E-state index in [-0.39, 0.29) is 0 Å². The van der Waals surface area contributed by atoms with Crippen molar-refractivity contribution in [1.82, 2.24) is 0 Å². The van der Waals surface area contributed by atoms with Gasteiger partial charge in [-0.3, -0.25) is 0 Å². The van der Waals surface area contributed by atoms with Crippen molar-refractivity contribution in [3.05, 3.63) is 106 Å². The molecule has 0 fully saturated rings. The van der Waals surface area contributed by atoms with Gasteiger partial charge in [0.2, 0.25) is 0 Å². The summed E-state index contributed by atoms with van der Waals surface area (Å²) in [6.45, 7) is 8.60. The van der Waals surface area contributed by atoms with Gasteiger partial charge in [0.05, 0.1) is 19.8 Å². The number of allylic oxidation sites excluding steroid dienone is 4. The van der Waals surface area contributed by atoms with Crippen LogP contribution in [0, 0.1) is 0 Å². The van der Waals surface area contributed by atoms with E-state index in [1.54, 1.807) is 0 Å². The molecule has 4 nitrogen and oxygen atoms in total. The first kappa shape index (κ1) is 30.1.